The molecule has 0 aliphatic rings. The molecule has 0 spiro atoms. The van der Waals surface area contributed by atoms with Gasteiger partial charge < -0.3 is 5.32 Å². The first-order valence-electron chi connectivity index (χ1n) is 8.40. The zero-order valence-corrected chi connectivity index (χ0v) is 14.9. The van der Waals surface area contributed by atoms with Crippen LogP contribution in [0.25, 0.3) is 10.2 Å². The van der Waals surface area contributed by atoms with Crippen LogP contribution >= 0.6 is 11.3 Å². The van der Waals surface area contributed by atoms with Crippen molar-refractivity contribution < 1.29 is 0 Å². The minimum absolute atomic E-state index is 0.258. The van der Waals surface area contributed by atoms with Crippen LogP contribution in [0.2, 0.25) is 0 Å². The fraction of sp³-hybridized carbons (Fsp3) is 0.200. The van der Waals surface area contributed by atoms with Gasteiger partial charge in [0.05, 0.1) is 16.8 Å². The van der Waals surface area contributed by atoms with Crippen LogP contribution in [0.1, 0.15) is 29.7 Å². The highest BCUT2D eigenvalue weighted by molar-refractivity contribution is 7.17. The van der Waals surface area contributed by atoms with Crippen molar-refractivity contribution in [1.82, 2.24) is 20.1 Å². The second kappa shape index (κ2) is 7.17. The Morgan fingerprint density at radius 1 is 1.16 bits per heavy atom. The lowest BCUT2D eigenvalue weighted by Gasteiger charge is -2.14. The van der Waals surface area contributed by atoms with Gasteiger partial charge in [-0.15, -0.1) is 11.3 Å². The molecule has 5 heteroatoms. The van der Waals surface area contributed by atoms with Crippen LogP contribution < -0.4 is 5.32 Å². The molecule has 1 aromatic carbocycles. The normalized spacial score (nSPS) is 12.5. The molecular weight excluding hydrogens is 328 g/mol. The van der Waals surface area contributed by atoms with Crippen LogP contribution in [-0.2, 0) is 13.1 Å². The van der Waals surface area contributed by atoms with Crippen LogP contribution in [0.3, 0.4) is 0 Å². The molecule has 1 N–H and O–H groups in total. The Bertz CT molecular complexity index is 959. The highest BCUT2D eigenvalue weighted by Gasteiger charge is 2.08. The van der Waals surface area contributed by atoms with Crippen LogP contribution in [0.4, 0.5) is 0 Å². The molecule has 0 aliphatic carbocycles. The third-order valence-corrected chi connectivity index (χ3v) is 5.18. The molecule has 4 nitrogen and oxygen atoms in total. The number of benzene rings is 1. The molecule has 0 radical (unpaired) electrons. The number of hydrogen-bond acceptors (Lipinski definition) is 4. The first kappa shape index (κ1) is 16.0. The first-order valence-corrected chi connectivity index (χ1v) is 9.28. The Morgan fingerprint density at radius 2 is 2.08 bits per heavy atom. The van der Waals surface area contributed by atoms with E-state index >= 15 is 0 Å². The van der Waals surface area contributed by atoms with Crippen LogP contribution in [0.15, 0.2) is 66.4 Å². The molecular formula is C20H20N4S. The summed E-state index contributed by atoms with van der Waals surface area (Å²) in [6, 6.07) is 15.2. The maximum Gasteiger partial charge on any atom is 0.0809 e. The maximum atomic E-state index is 4.53. The number of pyridine rings is 1. The summed E-state index contributed by atoms with van der Waals surface area (Å²) in [5.41, 5.74) is 4.84. The van der Waals surface area contributed by atoms with Gasteiger partial charge in [-0.2, -0.15) is 5.10 Å². The molecule has 126 valence electrons. The zero-order valence-electron chi connectivity index (χ0n) is 14.1. The number of nitrogens with zero attached hydrogens (tertiary/aromatic N) is 3. The lowest BCUT2D eigenvalue weighted by atomic mass is 10.1. The van der Waals surface area contributed by atoms with Gasteiger partial charge in [0.15, 0.2) is 0 Å². The van der Waals surface area contributed by atoms with Crippen LogP contribution in [-0.4, -0.2) is 14.8 Å². The molecule has 0 unspecified atom stereocenters. The molecule has 0 fully saturated rings. The molecule has 3 aromatic heterocycles. The SMILES string of the molecule is C[C@@H](NCc1cccc(Cn2cccn2)c1)c1cnc2ccsc2c1. The molecule has 0 aliphatic heterocycles. The Kier molecular flexibility index (Phi) is 4.59. The van der Waals surface area contributed by atoms with Crippen molar-refractivity contribution in [3.63, 3.8) is 0 Å². The first-order chi connectivity index (χ1) is 12.3. The highest BCUT2D eigenvalue weighted by Crippen LogP contribution is 2.22. The van der Waals surface area contributed by atoms with Gasteiger partial charge in [-0.05, 0) is 47.2 Å². The van der Waals surface area contributed by atoms with E-state index < -0.39 is 0 Å². The summed E-state index contributed by atoms with van der Waals surface area (Å²) in [5.74, 6) is 0. The minimum atomic E-state index is 0.258. The van der Waals surface area contributed by atoms with Gasteiger partial charge in [-0.1, -0.05) is 24.3 Å². The number of nitrogens with one attached hydrogen (secondary N) is 1. The Labute approximate surface area is 151 Å². The van der Waals surface area contributed by atoms with Crippen molar-refractivity contribution in [1.29, 1.82) is 0 Å². The number of fused-ring (bicyclic) bond motifs is 1. The predicted octanol–water partition coefficient (Wildman–Crippen LogP) is 4.39. The third kappa shape index (κ3) is 3.78. The number of aromatic nitrogens is 3. The van der Waals surface area contributed by atoms with E-state index in [4.69, 9.17) is 0 Å². The van der Waals surface area contributed by atoms with E-state index in [-0.39, 0.29) is 6.04 Å². The third-order valence-electron chi connectivity index (χ3n) is 4.33. The number of thiophene rings is 1. The van der Waals surface area contributed by atoms with Crippen molar-refractivity contribution in [2.24, 2.45) is 0 Å². The fourth-order valence-corrected chi connectivity index (χ4v) is 3.70. The van der Waals surface area contributed by atoms with Crippen LogP contribution in [0, 0.1) is 0 Å². The van der Waals surface area contributed by atoms with Crippen molar-refractivity contribution >= 4 is 21.6 Å². The summed E-state index contributed by atoms with van der Waals surface area (Å²) in [7, 11) is 0. The second-order valence-electron chi connectivity index (χ2n) is 6.20. The molecule has 25 heavy (non-hydrogen) atoms. The van der Waals surface area contributed by atoms with E-state index in [1.165, 1.54) is 21.4 Å². The van der Waals surface area contributed by atoms with E-state index in [0.717, 1.165) is 18.6 Å². The second-order valence-corrected chi connectivity index (χ2v) is 7.15. The summed E-state index contributed by atoms with van der Waals surface area (Å²) in [6.07, 6.45) is 5.77. The van der Waals surface area contributed by atoms with E-state index in [1.54, 1.807) is 11.3 Å². The minimum Gasteiger partial charge on any atom is -0.306 e. The monoisotopic (exact) mass is 348 g/mol. The molecule has 0 saturated carbocycles. The predicted molar refractivity (Wildman–Crippen MR) is 103 cm³/mol. The maximum absolute atomic E-state index is 4.53. The van der Waals surface area contributed by atoms with Gasteiger partial charge in [0, 0.05) is 31.2 Å². The van der Waals surface area contributed by atoms with E-state index in [2.05, 4.69) is 64.1 Å². The van der Waals surface area contributed by atoms with Crippen molar-refractivity contribution in [2.45, 2.75) is 26.1 Å². The van der Waals surface area contributed by atoms with Gasteiger partial charge in [0.1, 0.15) is 0 Å². The average molecular weight is 348 g/mol. The number of hydrogen-bond donors (Lipinski definition) is 1. The quantitative estimate of drug-likeness (QED) is 0.562. The average Bonchev–Trinajstić information content (AvgIpc) is 3.30. The molecule has 0 bridgehead atoms. The van der Waals surface area contributed by atoms with E-state index in [0.29, 0.717) is 0 Å². The fourth-order valence-electron chi connectivity index (χ4n) is 2.91. The molecule has 0 amide bonds. The molecule has 4 rings (SSSR count). The topological polar surface area (TPSA) is 42.7 Å². The Hall–Kier alpha value is -2.50. The summed E-state index contributed by atoms with van der Waals surface area (Å²) in [4.78, 5) is 4.53. The van der Waals surface area contributed by atoms with E-state index in [1.807, 2.05) is 29.3 Å². The smallest absolute Gasteiger partial charge is 0.0809 e. The van der Waals surface area contributed by atoms with Gasteiger partial charge in [-0.25, -0.2) is 0 Å². The van der Waals surface area contributed by atoms with E-state index in [9.17, 15) is 0 Å². The largest absolute Gasteiger partial charge is 0.306 e. The lowest BCUT2D eigenvalue weighted by Crippen LogP contribution is -2.18. The summed E-state index contributed by atoms with van der Waals surface area (Å²) >= 11 is 1.74. The van der Waals surface area contributed by atoms with Gasteiger partial charge in [-0.3, -0.25) is 9.67 Å². The lowest BCUT2D eigenvalue weighted by molar-refractivity contribution is 0.573. The van der Waals surface area contributed by atoms with Crippen molar-refractivity contribution in [3.05, 3.63) is 83.1 Å². The van der Waals surface area contributed by atoms with Gasteiger partial charge >= 0.3 is 0 Å². The number of rotatable bonds is 6. The standard InChI is InChI=1S/C20H20N4S/c1-15(18-11-20-19(22-13-18)6-9-25-20)21-12-16-4-2-5-17(10-16)14-24-8-3-7-23-24/h2-11,13,15,21H,12,14H2,1H3/t15-/m1/s1. The van der Waals surface area contributed by atoms with Crippen molar-refractivity contribution in [2.75, 3.05) is 0 Å². The molecule has 0 saturated heterocycles. The van der Waals surface area contributed by atoms with Gasteiger partial charge in [0.25, 0.3) is 0 Å². The molecule has 4 aromatic rings. The summed E-state index contributed by atoms with van der Waals surface area (Å²) in [6.45, 7) is 3.82. The van der Waals surface area contributed by atoms with Crippen LogP contribution in [0.5, 0.6) is 0 Å². The zero-order chi connectivity index (χ0) is 17.1. The van der Waals surface area contributed by atoms with Crippen molar-refractivity contribution in [3.8, 4) is 0 Å². The summed E-state index contributed by atoms with van der Waals surface area (Å²) in [5, 5.41) is 9.96. The molecule has 1 atom stereocenters. The Morgan fingerprint density at radius 3 is 2.96 bits per heavy atom. The van der Waals surface area contributed by atoms with Gasteiger partial charge in [0.2, 0.25) is 0 Å². The highest BCUT2D eigenvalue weighted by atomic mass is 32.1. The Balaban J connectivity index is 1.41. The molecule has 3 heterocycles. The summed E-state index contributed by atoms with van der Waals surface area (Å²) < 4.78 is 3.18.